The lowest BCUT2D eigenvalue weighted by atomic mass is 10.0. The first-order valence-electron chi connectivity index (χ1n) is 13.1. The number of halogens is 2. The predicted molar refractivity (Wildman–Crippen MR) is 164 cm³/mol. The second-order valence-electron chi connectivity index (χ2n) is 9.51. The van der Waals surface area contributed by atoms with Gasteiger partial charge < -0.3 is 15.2 Å². The van der Waals surface area contributed by atoms with Crippen molar-refractivity contribution in [2.75, 3.05) is 22.6 Å². The Labute approximate surface area is 273 Å². The molecule has 2 aromatic heterocycles. The molecule has 0 saturated carbocycles. The molecule has 2 atom stereocenters. The van der Waals surface area contributed by atoms with Crippen LogP contribution >= 0.6 is 58.5 Å². The Bertz CT molecular complexity index is 1590. The van der Waals surface area contributed by atoms with Crippen LogP contribution < -0.4 is 20.3 Å². The van der Waals surface area contributed by atoms with Crippen LogP contribution in [-0.4, -0.2) is 77.9 Å². The number of anilines is 1. The highest BCUT2D eigenvalue weighted by Crippen LogP contribution is 2.41. The first-order chi connectivity index (χ1) is 21.2. The van der Waals surface area contributed by atoms with Crippen molar-refractivity contribution in [3.63, 3.8) is 0 Å². The third-order valence-electron chi connectivity index (χ3n) is 6.50. The van der Waals surface area contributed by atoms with Crippen molar-refractivity contribution in [2.24, 2.45) is 0 Å². The summed E-state index contributed by atoms with van der Waals surface area (Å²) < 4.78 is 1.94. The number of nitrogens with zero attached hydrogens (tertiary/aromatic N) is 5. The highest BCUT2D eigenvalue weighted by atomic mass is 35.5. The van der Waals surface area contributed by atoms with Gasteiger partial charge in [-0.1, -0.05) is 28.3 Å². The molecule has 0 radical (unpaired) electrons. The smallest absolute Gasteiger partial charge is 0.269 e. The third-order valence-corrected chi connectivity index (χ3v) is 10.7. The molecule has 230 valence electrons. The van der Waals surface area contributed by atoms with Gasteiger partial charge in [-0.15, -0.1) is 40.4 Å². The number of carboxylic acid groups (broad SMARTS) is 1. The number of β-lactam (4-membered cyclic amide) rings is 1. The number of rotatable bonds is 13. The van der Waals surface area contributed by atoms with E-state index in [4.69, 9.17) is 23.2 Å². The number of carbonyl (C=O) groups excluding carboxylic acids is 4. The molecule has 13 nitrogen and oxygen atoms in total. The van der Waals surface area contributed by atoms with Gasteiger partial charge in [-0.3, -0.25) is 24.6 Å². The summed E-state index contributed by atoms with van der Waals surface area (Å²) in [5, 5.41) is 30.8. The molecule has 1 fully saturated rings. The number of thioether (sulfide) groups is 3. The summed E-state index contributed by atoms with van der Waals surface area (Å²) in [6, 6.07) is 7.91. The minimum Gasteiger partial charge on any atom is -0.543 e. The fraction of sp³-hybridized carbons (Fsp3) is 0.308. The summed E-state index contributed by atoms with van der Waals surface area (Å²) in [7, 11) is 0. The molecular formula is C26H24Cl2N8O5S3. The number of hydrogen-bond donors (Lipinski definition) is 3. The van der Waals surface area contributed by atoms with Gasteiger partial charge in [0.1, 0.15) is 18.0 Å². The number of aromatic nitrogens is 5. The molecule has 18 heteroatoms. The Balaban J connectivity index is 1.11. The number of benzene rings is 1. The number of carbonyl (C=O) groups is 4. The molecule has 44 heavy (non-hydrogen) atoms. The van der Waals surface area contributed by atoms with Crippen LogP contribution in [0.1, 0.15) is 12.8 Å². The van der Waals surface area contributed by atoms with E-state index in [0.29, 0.717) is 45.0 Å². The van der Waals surface area contributed by atoms with Crippen LogP contribution in [0.4, 0.5) is 5.95 Å². The molecular weight excluding hydrogens is 671 g/mol. The predicted octanol–water partition coefficient (Wildman–Crippen LogP) is 1.50. The zero-order chi connectivity index (χ0) is 31.2. The van der Waals surface area contributed by atoms with E-state index in [1.165, 1.54) is 40.2 Å². The molecule has 0 aliphatic carbocycles. The first kappa shape index (κ1) is 32.1. The maximum atomic E-state index is 13.0. The van der Waals surface area contributed by atoms with Gasteiger partial charge in [0.2, 0.25) is 11.8 Å². The SMILES string of the molecule is O=C(CCC[n+]1ccc(SCC2=C(C(=O)[O-])N3C(=O)[C@@H](NC(=O)CSc4cc(Cl)ccc4Cl)[C@H]3SC2)cc1)Nc1nn[nH]n1. The standard InChI is InChI=1S/C26H24Cl2N8O5S3/c27-15-3-4-17(28)18(10-15)43-13-20(38)29-21-23(39)36-22(25(40)41)14(12-44-24(21)36)11-42-16-5-8-35(9-6-16)7-1-2-19(37)30-26-31-33-34-32-26/h3-6,8-10,21,24H,1-2,7,11-13H2,(H3-,29,30,31,32,33,34,37,38,40,41)/t21-,24-/m1/s1. The molecule has 1 aromatic carbocycles. The van der Waals surface area contributed by atoms with Gasteiger partial charge in [-0.05, 0) is 29.0 Å². The van der Waals surface area contributed by atoms with Crippen LogP contribution in [0.5, 0.6) is 0 Å². The quantitative estimate of drug-likeness (QED) is 0.134. The van der Waals surface area contributed by atoms with Crippen LogP contribution in [0.15, 0.2) is 63.8 Å². The van der Waals surface area contributed by atoms with E-state index in [2.05, 4.69) is 31.3 Å². The number of amides is 3. The van der Waals surface area contributed by atoms with Crippen LogP contribution in [0, 0.1) is 0 Å². The number of aromatic amines is 1. The fourth-order valence-electron chi connectivity index (χ4n) is 4.41. The van der Waals surface area contributed by atoms with Gasteiger partial charge in [-0.2, -0.15) is 5.21 Å². The van der Waals surface area contributed by atoms with E-state index in [0.717, 1.165) is 4.90 Å². The lowest BCUT2D eigenvalue weighted by molar-refractivity contribution is -0.697. The van der Waals surface area contributed by atoms with Crippen molar-refractivity contribution in [1.82, 2.24) is 30.8 Å². The van der Waals surface area contributed by atoms with Crippen LogP contribution in [0.3, 0.4) is 0 Å². The number of hydrogen-bond acceptors (Lipinski definition) is 11. The largest absolute Gasteiger partial charge is 0.543 e. The van der Waals surface area contributed by atoms with Crippen molar-refractivity contribution in [2.45, 2.75) is 40.6 Å². The van der Waals surface area contributed by atoms with E-state index >= 15 is 0 Å². The van der Waals surface area contributed by atoms with Gasteiger partial charge in [0.15, 0.2) is 12.4 Å². The molecule has 0 spiro atoms. The van der Waals surface area contributed by atoms with E-state index in [9.17, 15) is 24.3 Å². The number of carboxylic acids is 1. The van der Waals surface area contributed by atoms with E-state index in [1.807, 2.05) is 29.1 Å². The van der Waals surface area contributed by atoms with Crippen LogP contribution in [0.25, 0.3) is 0 Å². The van der Waals surface area contributed by atoms with E-state index < -0.39 is 23.3 Å². The number of nitrogens with one attached hydrogen (secondary N) is 3. The number of pyridine rings is 1. The average molecular weight is 696 g/mol. The highest BCUT2D eigenvalue weighted by Gasteiger charge is 2.52. The maximum absolute atomic E-state index is 13.0. The summed E-state index contributed by atoms with van der Waals surface area (Å²) in [5.41, 5.74) is 0.437. The Morgan fingerprint density at radius 3 is 2.68 bits per heavy atom. The third kappa shape index (κ3) is 7.85. The Kier molecular flexibility index (Phi) is 10.7. The lowest BCUT2D eigenvalue weighted by Gasteiger charge is -2.50. The molecule has 3 amide bonds. The minimum absolute atomic E-state index is 0.0141. The number of aliphatic carboxylic acids is 1. The summed E-state index contributed by atoms with van der Waals surface area (Å²) >= 11 is 16.2. The monoisotopic (exact) mass is 694 g/mol. The second-order valence-corrected chi connectivity index (χ2v) is 13.5. The molecule has 0 bridgehead atoms. The fourth-order valence-corrected chi connectivity index (χ4v) is 8.09. The normalized spacial score (nSPS) is 17.6. The van der Waals surface area contributed by atoms with Gasteiger partial charge in [0.25, 0.3) is 11.9 Å². The first-order valence-corrected chi connectivity index (χ1v) is 16.9. The molecule has 3 N–H and O–H groups in total. The molecule has 2 aliphatic rings. The summed E-state index contributed by atoms with van der Waals surface area (Å²) in [6.45, 7) is 0.616. The molecule has 0 unspecified atom stereocenters. The van der Waals surface area contributed by atoms with E-state index in [1.54, 1.807) is 18.2 Å². The summed E-state index contributed by atoms with van der Waals surface area (Å²) in [6.07, 6.45) is 4.64. The number of aryl methyl sites for hydroxylation is 1. The summed E-state index contributed by atoms with van der Waals surface area (Å²) in [5.74, 6) is -1.64. The van der Waals surface area contributed by atoms with Crippen molar-refractivity contribution in [3.8, 4) is 0 Å². The van der Waals surface area contributed by atoms with E-state index in [-0.39, 0.29) is 35.6 Å². The molecule has 2 aliphatic heterocycles. The molecule has 5 rings (SSSR count). The lowest BCUT2D eigenvalue weighted by Crippen LogP contribution is -2.71. The van der Waals surface area contributed by atoms with Crippen LogP contribution in [-0.2, 0) is 25.7 Å². The molecule has 3 aromatic rings. The molecule has 4 heterocycles. The number of fused-ring (bicyclic) bond motifs is 1. The zero-order valence-corrected chi connectivity index (χ0v) is 26.7. The number of H-pyrrole nitrogens is 1. The van der Waals surface area contributed by atoms with Gasteiger partial charge in [0.05, 0.1) is 22.4 Å². The molecule has 1 saturated heterocycles. The Morgan fingerprint density at radius 1 is 1.16 bits per heavy atom. The van der Waals surface area contributed by atoms with Crippen molar-refractivity contribution < 1.29 is 28.9 Å². The average Bonchev–Trinajstić information content (AvgIpc) is 3.52. The maximum Gasteiger partial charge on any atom is 0.269 e. The topological polar surface area (TPSA) is 177 Å². The Morgan fingerprint density at radius 2 is 1.95 bits per heavy atom. The van der Waals surface area contributed by atoms with Gasteiger partial charge in [0, 0.05) is 51.3 Å². The van der Waals surface area contributed by atoms with Gasteiger partial charge >= 0.3 is 0 Å². The zero-order valence-electron chi connectivity index (χ0n) is 22.7. The minimum atomic E-state index is -1.43. The van der Waals surface area contributed by atoms with Crippen molar-refractivity contribution in [3.05, 3.63) is 64.0 Å². The van der Waals surface area contributed by atoms with Crippen molar-refractivity contribution >= 4 is 88.1 Å². The van der Waals surface area contributed by atoms with Crippen LogP contribution in [0.2, 0.25) is 10.0 Å². The van der Waals surface area contributed by atoms with Crippen molar-refractivity contribution in [1.29, 1.82) is 0 Å². The number of tetrazole rings is 1. The Hall–Kier alpha value is -3.31. The highest BCUT2D eigenvalue weighted by molar-refractivity contribution is 8.01. The van der Waals surface area contributed by atoms with Gasteiger partial charge in [-0.25, -0.2) is 4.57 Å². The second kappa shape index (κ2) is 14.6. The summed E-state index contributed by atoms with van der Waals surface area (Å²) in [4.78, 5) is 52.4.